The van der Waals surface area contributed by atoms with Gasteiger partial charge >= 0.3 is 0 Å². The highest BCUT2D eigenvalue weighted by Crippen LogP contribution is 2.35. The van der Waals surface area contributed by atoms with Crippen molar-refractivity contribution in [3.05, 3.63) is 52.6 Å². The summed E-state index contributed by atoms with van der Waals surface area (Å²) in [6.45, 7) is 1.76. The van der Waals surface area contributed by atoms with Crippen molar-refractivity contribution in [2.75, 3.05) is 15.2 Å². The van der Waals surface area contributed by atoms with E-state index in [-0.39, 0.29) is 16.3 Å². The average molecular weight is 462 g/mol. The Balaban J connectivity index is 1.87. The van der Waals surface area contributed by atoms with Gasteiger partial charge in [0.1, 0.15) is 0 Å². The van der Waals surface area contributed by atoms with Gasteiger partial charge in [-0.05, 0) is 42.8 Å². The summed E-state index contributed by atoms with van der Waals surface area (Å²) < 4.78 is 53.9. The molecule has 0 fully saturated rings. The predicted molar refractivity (Wildman–Crippen MR) is 113 cm³/mol. The number of halogens is 2. The third-order valence-electron chi connectivity index (χ3n) is 3.89. The Morgan fingerprint density at radius 1 is 0.929 bits per heavy atom. The minimum atomic E-state index is -3.91. The number of nitrogens with one attached hydrogen (secondary N) is 3. The van der Waals surface area contributed by atoms with Gasteiger partial charge in [0.25, 0.3) is 10.0 Å². The number of rotatable bonds is 7. The summed E-state index contributed by atoms with van der Waals surface area (Å²) in [6, 6.07) is 8.51. The normalized spacial score (nSPS) is 12.2. The lowest BCUT2D eigenvalue weighted by molar-refractivity contribution is 0.599. The first-order valence-electron chi connectivity index (χ1n) is 8.21. The van der Waals surface area contributed by atoms with E-state index in [0.29, 0.717) is 33.1 Å². The molecule has 0 aliphatic rings. The van der Waals surface area contributed by atoms with Crippen molar-refractivity contribution in [1.29, 1.82) is 0 Å². The Morgan fingerprint density at radius 3 is 2.25 bits per heavy atom. The largest absolute Gasteiger partial charge is 0.358 e. The molecule has 11 heteroatoms. The zero-order valence-corrected chi connectivity index (χ0v) is 17.8. The molecular formula is C17H17Cl2N3O4S2. The monoisotopic (exact) mass is 461 g/mol. The number of sulfonamides is 2. The number of hydrogen-bond donors (Lipinski definition) is 3. The second kappa shape index (κ2) is 7.82. The summed E-state index contributed by atoms with van der Waals surface area (Å²) in [4.78, 5) is 2.88. The average Bonchev–Trinajstić information content (AvgIpc) is 3.00. The fourth-order valence-electron chi connectivity index (χ4n) is 2.66. The second-order valence-electron chi connectivity index (χ2n) is 6.03. The number of anilines is 2. The highest BCUT2D eigenvalue weighted by atomic mass is 35.5. The molecule has 1 aromatic heterocycles. The van der Waals surface area contributed by atoms with Gasteiger partial charge in [0.2, 0.25) is 10.0 Å². The minimum Gasteiger partial charge on any atom is -0.358 e. The van der Waals surface area contributed by atoms with Crippen molar-refractivity contribution in [1.82, 2.24) is 4.98 Å². The van der Waals surface area contributed by atoms with Crippen LogP contribution in [0.25, 0.3) is 10.9 Å². The fraction of sp³-hybridized carbons (Fsp3) is 0.176. The van der Waals surface area contributed by atoms with Gasteiger partial charge in [-0.3, -0.25) is 9.44 Å². The van der Waals surface area contributed by atoms with Gasteiger partial charge < -0.3 is 4.98 Å². The summed E-state index contributed by atoms with van der Waals surface area (Å²) in [7, 11) is -7.36. The highest BCUT2D eigenvalue weighted by Gasteiger charge is 2.18. The molecule has 0 radical (unpaired) electrons. The van der Waals surface area contributed by atoms with E-state index in [1.54, 1.807) is 13.0 Å². The maximum atomic E-state index is 12.7. The van der Waals surface area contributed by atoms with Crippen LogP contribution in [0.2, 0.25) is 10.0 Å². The molecule has 0 saturated carbocycles. The zero-order valence-electron chi connectivity index (χ0n) is 14.7. The first kappa shape index (κ1) is 20.8. The van der Waals surface area contributed by atoms with Crippen molar-refractivity contribution in [2.24, 2.45) is 0 Å². The standard InChI is InChI=1S/C17H17Cl2N3O4S2/c1-2-9-27(23,24)21-11-3-5-12(6-4-11)28(25,26)22-15-8-7-13(18)16-14(19)10-20-17(15)16/h3-8,10,20-22H,2,9H2,1H3. The molecule has 3 rings (SSSR count). The SMILES string of the molecule is CCCS(=O)(=O)Nc1ccc(S(=O)(=O)Nc2ccc(Cl)c3c(Cl)c[nH]c23)cc1. The van der Waals surface area contributed by atoms with Crippen LogP contribution in [0.1, 0.15) is 13.3 Å². The van der Waals surface area contributed by atoms with Gasteiger partial charge in [-0.1, -0.05) is 30.1 Å². The Hall–Kier alpha value is -1.94. The molecule has 0 spiro atoms. The molecule has 0 amide bonds. The van der Waals surface area contributed by atoms with E-state index >= 15 is 0 Å². The molecule has 1 heterocycles. The molecular weight excluding hydrogens is 445 g/mol. The van der Waals surface area contributed by atoms with Gasteiger partial charge in [-0.15, -0.1) is 0 Å². The van der Waals surface area contributed by atoms with Gasteiger partial charge in [0, 0.05) is 17.3 Å². The number of aromatic amines is 1. The quantitative estimate of drug-likeness (QED) is 0.483. The van der Waals surface area contributed by atoms with E-state index in [2.05, 4.69) is 14.4 Å². The van der Waals surface area contributed by atoms with Crippen LogP contribution in [0.5, 0.6) is 0 Å². The number of hydrogen-bond acceptors (Lipinski definition) is 4. The lowest BCUT2D eigenvalue weighted by Gasteiger charge is -2.11. The van der Waals surface area contributed by atoms with E-state index in [4.69, 9.17) is 23.2 Å². The first-order valence-corrected chi connectivity index (χ1v) is 12.1. The number of aromatic nitrogens is 1. The van der Waals surface area contributed by atoms with Crippen molar-refractivity contribution in [3.8, 4) is 0 Å². The van der Waals surface area contributed by atoms with Crippen LogP contribution in [0.15, 0.2) is 47.5 Å². The van der Waals surface area contributed by atoms with Gasteiger partial charge in [-0.2, -0.15) is 0 Å². The predicted octanol–water partition coefficient (Wildman–Crippen LogP) is 4.43. The van der Waals surface area contributed by atoms with E-state index < -0.39 is 20.0 Å². The zero-order chi connectivity index (χ0) is 20.5. The summed E-state index contributed by atoms with van der Waals surface area (Å²) in [6.07, 6.45) is 2.00. The fourth-order valence-corrected chi connectivity index (χ4v) is 5.42. The molecule has 3 N–H and O–H groups in total. The molecule has 0 aliphatic heterocycles. The van der Waals surface area contributed by atoms with E-state index in [1.165, 1.54) is 36.5 Å². The Bertz CT molecular complexity index is 1220. The molecule has 0 aliphatic carbocycles. The molecule has 0 atom stereocenters. The van der Waals surface area contributed by atoms with Crippen molar-refractivity contribution < 1.29 is 16.8 Å². The number of benzene rings is 2. The number of fused-ring (bicyclic) bond motifs is 1. The molecule has 2 aromatic carbocycles. The molecule has 7 nitrogen and oxygen atoms in total. The van der Waals surface area contributed by atoms with Crippen LogP contribution in [0, 0.1) is 0 Å². The maximum Gasteiger partial charge on any atom is 0.261 e. The smallest absolute Gasteiger partial charge is 0.261 e. The highest BCUT2D eigenvalue weighted by molar-refractivity contribution is 7.93. The second-order valence-corrected chi connectivity index (χ2v) is 10.4. The van der Waals surface area contributed by atoms with Crippen LogP contribution in [0.4, 0.5) is 11.4 Å². The number of H-pyrrole nitrogens is 1. The summed E-state index contributed by atoms with van der Waals surface area (Å²) >= 11 is 12.2. The van der Waals surface area contributed by atoms with Crippen LogP contribution >= 0.6 is 23.2 Å². The first-order chi connectivity index (χ1) is 13.1. The maximum absolute atomic E-state index is 12.7. The Labute approximate surface area is 173 Å². The Kier molecular flexibility index (Phi) is 5.81. The lowest BCUT2D eigenvalue weighted by Crippen LogP contribution is -2.16. The third kappa shape index (κ3) is 4.38. The summed E-state index contributed by atoms with van der Waals surface area (Å²) in [5.41, 5.74) is 1.04. The molecule has 150 valence electrons. The van der Waals surface area contributed by atoms with E-state index in [0.717, 1.165) is 0 Å². The summed E-state index contributed by atoms with van der Waals surface area (Å²) in [5, 5.41) is 1.29. The van der Waals surface area contributed by atoms with Crippen LogP contribution in [0.3, 0.4) is 0 Å². The molecule has 0 bridgehead atoms. The van der Waals surface area contributed by atoms with Gasteiger partial charge in [0.05, 0.1) is 31.9 Å². The Morgan fingerprint density at radius 2 is 1.61 bits per heavy atom. The van der Waals surface area contributed by atoms with Crippen molar-refractivity contribution in [2.45, 2.75) is 18.2 Å². The van der Waals surface area contributed by atoms with E-state index in [9.17, 15) is 16.8 Å². The van der Waals surface area contributed by atoms with Crippen LogP contribution in [-0.4, -0.2) is 27.6 Å². The molecule has 0 unspecified atom stereocenters. The van der Waals surface area contributed by atoms with Crippen molar-refractivity contribution in [3.63, 3.8) is 0 Å². The molecule has 3 aromatic rings. The topological polar surface area (TPSA) is 108 Å². The van der Waals surface area contributed by atoms with Crippen molar-refractivity contribution >= 4 is 65.5 Å². The minimum absolute atomic E-state index is 0.0140. The molecule has 28 heavy (non-hydrogen) atoms. The summed E-state index contributed by atoms with van der Waals surface area (Å²) in [5.74, 6) is -0.0140. The van der Waals surface area contributed by atoms with Crippen LogP contribution in [-0.2, 0) is 20.0 Å². The van der Waals surface area contributed by atoms with E-state index in [1.807, 2.05) is 0 Å². The van der Waals surface area contributed by atoms with Gasteiger partial charge in [-0.25, -0.2) is 16.8 Å². The van der Waals surface area contributed by atoms with Gasteiger partial charge in [0.15, 0.2) is 0 Å². The lowest BCUT2D eigenvalue weighted by atomic mass is 10.2. The molecule has 0 saturated heterocycles. The van der Waals surface area contributed by atoms with Crippen LogP contribution < -0.4 is 9.44 Å². The third-order valence-corrected chi connectivity index (χ3v) is 7.38.